The minimum atomic E-state index is -0.237. The Morgan fingerprint density at radius 3 is 2.10 bits per heavy atom. The van der Waals surface area contributed by atoms with Crippen molar-refractivity contribution >= 4 is 70.1 Å². The Morgan fingerprint density at radius 1 is 0.580 bits per heavy atom. The van der Waals surface area contributed by atoms with Crippen LogP contribution in [0.25, 0.3) is 52.8 Å². The minimum Gasteiger partial charge on any atom is -0.310 e. The van der Waals surface area contributed by atoms with Crippen LogP contribution >= 0.6 is 11.3 Å². The number of hydrogen-bond donors (Lipinski definition) is 0. The maximum Gasteiger partial charge on any atom is 0.0546 e. The highest BCUT2D eigenvalue weighted by Crippen LogP contribution is 2.45. The summed E-state index contributed by atoms with van der Waals surface area (Å²) in [6.45, 7) is 9.11. The van der Waals surface area contributed by atoms with Crippen molar-refractivity contribution in [3.05, 3.63) is 187 Å². The van der Waals surface area contributed by atoms with E-state index in [1.165, 1.54) is 64.0 Å². The lowest BCUT2D eigenvalue weighted by Gasteiger charge is -2.32. The second-order valence-corrected chi connectivity index (χ2v) is 14.9. The van der Waals surface area contributed by atoms with Gasteiger partial charge in [0.15, 0.2) is 0 Å². The van der Waals surface area contributed by atoms with Gasteiger partial charge in [0.1, 0.15) is 0 Å². The Hall–Kier alpha value is -5.70. The number of allylic oxidation sites excluding steroid dienone is 5. The van der Waals surface area contributed by atoms with Crippen molar-refractivity contribution in [1.82, 2.24) is 0 Å². The summed E-state index contributed by atoms with van der Waals surface area (Å²) in [7, 11) is 0. The van der Waals surface area contributed by atoms with Gasteiger partial charge in [-0.25, -0.2) is 0 Å². The predicted octanol–water partition coefficient (Wildman–Crippen LogP) is 14.0. The van der Waals surface area contributed by atoms with Gasteiger partial charge in [0.05, 0.1) is 5.69 Å². The lowest BCUT2D eigenvalue weighted by atomic mass is 9.75. The number of benzene rings is 7. The van der Waals surface area contributed by atoms with Crippen LogP contribution in [0, 0.1) is 0 Å². The number of thiophene rings is 1. The molecule has 0 bridgehead atoms. The summed E-state index contributed by atoms with van der Waals surface area (Å²) in [5.41, 5.74) is 9.36. The van der Waals surface area contributed by atoms with Gasteiger partial charge in [-0.3, -0.25) is 0 Å². The van der Waals surface area contributed by atoms with Crippen LogP contribution in [0.5, 0.6) is 0 Å². The van der Waals surface area contributed by atoms with Gasteiger partial charge in [0, 0.05) is 42.3 Å². The van der Waals surface area contributed by atoms with E-state index in [4.69, 9.17) is 0 Å². The fourth-order valence-corrected chi connectivity index (χ4v) is 8.73. The smallest absolute Gasteiger partial charge is 0.0546 e. The van der Waals surface area contributed by atoms with Crippen molar-refractivity contribution < 1.29 is 0 Å². The monoisotopic (exact) mass is 659 g/mol. The van der Waals surface area contributed by atoms with Crippen LogP contribution in [0.3, 0.4) is 0 Å². The molecule has 1 aliphatic rings. The fourth-order valence-electron chi connectivity index (χ4n) is 7.65. The molecule has 0 radical (unpaired) electrons. The number of hydrogen-bond acceptors (Lipinski definition) is 2. The molecule has 0 saturated carbocycles. The first-order chi connectivity index (χ1) is 24.5. The third kappa shape index (κ3) is 5.07. The molecule has 0 amide bonds. The maximum atomic E-state index is 4.51. The Labute approximate surface area is 297 Å². The molecule has 0 fully saturated rings. The van der Waals surface area contributed by atoms with Crippen LogP contribution in [-0.4, -0.2) is 0 Å². The molecular formula is C48H37NS. The van der Waals surface area contributed by atoms with Gasteiger partial charge in [-0.05, 0) is 98.9 Å². The SMILES string of the molecule is C=C1/C=C\C=C/Cc2ccc(N(c3ccc(-c4ccc5sc6ccccc6c5c4)cc3)c3cc4ccccc4c4ccccc34)cc2C1(C)C. The van der Waals surface area contributed by atoms with Crippen LogP contribution in [0.4, 0.5) is 17.1 Å². The first-order valence-corrected chi connectivity index (χ1v) is 18.2. The largest absolute Gasteiger partial charge is 0.310 e. The topological polar surface area (TPSA) is 3.24 Å². The minimum absolute atomic E-state index is 0.237. The highest BCUT2D eigenvalue weighted by atomic mass is 32.1. The van der Waals surface area contributed by atoms with E-state index >= 15 is 0 Å². The average molecular weight is 660 g/mol. The van der Waals surface area contributed by atoms with Crippen LogP contribution < -0.4 is 4.90 Å². The predicted molar refractivity (Wildman–Crippen MR) is 219 cm³/mol. The quantitative estimate of drug-likeness (QED) is 0.170. The van der Waals surface area contributed by atoms with Gasteiger partial charge in [-0.1, -0.05) is 136 Å². The zero-order valence-electron chi connectivity index (χ0n) is 28.4. The molecule has 1 aliphatic carbocycles. The van der Waals surface area contributed by atoms with E-state index in [2.05, 4.69) is 189 Å². The summed E-state index contributed by atoms with van der Waals surface area (Å²) in [6.07, 6.45) is 9.53. The second-order valence-electron chi connectivity index (χ2n) is 13.8. The maximum absolute atomic E-state index is 4.51. The average Bonchev–Trinajstić information content (AvgIpc) is 3.55. The fraction of sp³-hybridized carbons (Fsp3) is 0.0833. The molecule has 0 unspecified atom stereocenters. The Balaban J connectivity index is 1.24. The zero-order valence-corrected chi connectivity index (χ0v) is 29.2. The van der Waals surface area contributed by atoms with E-state index in [-0.39, 0.29) is 5.41 Å². The van der Waals surface area contributed by atoms with Crippen LogP contribution in [0.2, 0.25) is 0 Å². The lowest BCUT2D eigenvalue weighted by molar-refractivity contribution is 0.635. The third-order valence-electron chi connectivity index (χ3n) is 10.5. The van der Waals surface area contributed by atoms with Gasteiger partial charge >= 0.3 is 0 Å². The van der Waals surface area contributed by atoms with E-state index in [0.717, 1.165) is 29.1 Å². The van der Waals surface area contributed by atoms with Gasteiger partial charge in [-0.2, -0.15) is 0 Å². The standard InChI is InChI=1S/C48H37NS/c1-32-13-5-4-6-14-34-23-27-38(31-44(34)48(32,2)3)49(45-30-36-15-7-8-16-39(36)40-17-9-10-18-41(40)45)37-25-21-33(22-26-37)35-24-28-47-43(29-35)42-19-11-12-20-46(42)50-47/h4-13,15-31H,1,14H2,2-3H3/b6-4-,13-5-. The molecule has 2 heteroatoms. The summed E-state index contributed by atoms with van der Waals surface area (Å²) in [4.78, 5) is 2.45. The first-order valence-electron chi connectivity index (χ1n) is 17.3. The molecule has 50 heavy (non-hydrogen) atoms. The lowest BCUT2D eigenvalue weighted by Crippen LogP contribution is -2.22. The zero-order chi connectivity index (χ0) is 33.8. The molecule has 0 N–H and O–H groups in total. The van der Waals surface area contributed by atoms with Crippen LogP contribution in [0.15, 0.2) is 176 Å². The van der Waals surface area contributed by atoms with Crippen LogP contribution in [0.1, 0.15) is 25.0 Å². The first kappa shape index (κ1) is 30.4. The summed E-state index contributed by atoms with van der Waals surface area (Å²) in [5.74, 6) is 0. The molecule has 0 aliphatic heterocycles. The highest BCUT2D eigenvalue weighted by molar-refractivity contribution is 7.25. The number of anilines is 3. The summed E-state index contributed by atoms with van der Waals surface area (Å²) >= 11 is 1.86. The van der Waals surface area contributed by atoms with Crippen molar-refractivity contribution in [2.24, 2.45) is 0 Å². The van der Waals surface area contributed by atoms with Gasteiger partial charge in [-0.15, -0.1) is 11.3 Å². The summed E-state index contributed by atoms with van der Waals surface area (Å²) < 4.78 is 2.66. The van der Waals surface area contributed by atoms with Crippen molar-refractivity contribution in [3.8, 4) is 11.1 Å². The van der Waals surface area contributed by atoms with E-state index in [0.29, 0.717) is 0 Å². The van der Waals surface area contributed by atoms with Crippen molar-refractivity contribution in [1.29, 1.82) is 0 Å². The molecule has 1 heterocycles. The Bertz CT molecular complexity index is 2670. The van der Waals surface area contributed by atoms with Crippen molar-refractivity contribution in [2.75, 3.05) is 4.90 Å². The molecular weight excluding hydrogens is 623 g/mol. The summed E-state index contributed by atoms with van der Waals surface area (Å²) in [6, 6.07) is 51.7. The van der Waals surface area contributed by atoms with E-state index < -0.39 is 0 Å². The van der Waals surface area contributed by atoms with Crippen molar-refractivity contribution in [3.63, 3.8) is 0 Å². The highest BCUT2D eigenvalue weighted by Gasteiger charge is 2.28. The molecule has 0 saturated heterocycles. The number of rotatable bonds is 4. The molecule has 8 aromatic rings. The second kappa shape index (κ2) is 12.0. The molecule has 240 valence electrons. The van der Waals surface area contributed by atoms with E-state index in [1.807, 2.05) is 11.3 Å². The Morgan fingerprint density at radius 2 is 1.26 bits per heavy atom. The molecule has 1 aromatic heterocycles. The molecule has 0 atom stereocenters. The van der Waals surface area contributed by atoms with E-state index in [9.17, 15) is 0 Å². The van der Waals surface area contributed by atoms with Crippen LogP contribution in [-0.2, 0) is 11.8 Å². The third-order valence-corrected chi connectivity index (χ3v) is 11.7. The van der Waals surface area contributed by atoms with Crippen molar-refractivity contribution in [2.45, 2.75) is 25.7 Å². The molecule has 7 aromatic carbocycles. The number of fused-ring (bicyclic) bond motifs is 7. The van der Waals surface area contributed by atoms with Gasteiger partial charge in [0.2, 0.25) is 0 Å². The number of nitrogens with zero attached hydrogens (tertiary/aromatic N) is 1. The molecule has 9 rings (SSSR count). The van der Waals surface area contributed by atoms with E-state index in [1.54, 1.807) is 0 Å². The van der Waals surface area contributed by atoms with Gasteiger partial charge in [0.25, 0.3) is 0 Å². The summed E-state index contributed by atoms with van der Waals surface area (Å²) in [5, 5.41) is 7.62. The Kier molecular flexibility index (Phi) is 7.30. The normalized spacial score (nSPS) is 15.4. The molecule has 1 nitrogen and oxygen atoms in total. The molecule has 0 spiro atoms. The van der Waals surface area contributed by atoms with Gasteiger partial charge < -0.3 is 4.90 Å².